The molecular weight excluding hydrogens is 332 g/mol. The molecule has 1 aliphatic rings. The maximum Gasteiger partial charge on any atom is 0.338 e. The number of aryl methyl sites for hydroxylation is 1. The number of esters is 1. The molecule has 0 radical (unpaired) electrons. The van der Waals surface area contributed by atoms with Crippen LogP contribution < -0.4 is 5.32 Å². The molecule has 7 nitrogen and oxygen atoms in total. The molecule has 0 saturated heterocycles. The van der Waals surface area contributed by atoms with E-state index in [2.05, 4.69) is 29.5 Å². The van der Waals surface area contributed by atoms with Crippen LogP contribution in [0.15, 0.2) is 18.2 Å². The number of amides is 1. The summed E-state index contributed by atoms with van der Waals surface area (Å²) in [5.74, 6) is 0.257. The van der Waals surface area contributed by atoms with Gasteiger partial charge in [-0.3, -0.25) is 4.79 Å². The molecule has 1 amide bonds. The fraction of sp³-hybridized carbons (Fsp3) is 0.579. The molecule has 0 aliphatic heterocycles. The van der Waals surface area contributed by atoms with E-state index in [4.69, 9.17) is 4.74 Å². The molecule has 0 bridgehead atoms. The van der Waals surface area contributed by atoms with Gasteiger partial charge in [-0.25, -0.2) is 9.48 Å². The molecule has 2 aromatic rings. The summed E-state index contributed by atoms with van der Waals surface area (Å²) < 4.78 is 6.92. The lowest BCUT2D eigenvalue weighted by atomic mass is 9.78. The van der Waals surface area contributed by atoms with Crippen molar-refractivity contribution in [1.82, 2.24) is 20.3 Å². The van der Waals surface area contributed by atoms with E-state index in [1.54, 1.807) is 22.9 Å². The quantitative estimate of drug-likeness (QED) is 0.830. The van der Waals surface area contributed by atoms with E-state index in [9.17, 15) is 9.59 Å². The van der Waals surface area contributed by atoms with Gasteiger partial charge < -0.3 is 10.1 Å². The van der Waals surface area contributed by atoms with Gasteiger partial charge in [0, 0.05) is 12.6 Å². The molecule has 0 unspecified atom stereocenters. The number of nitrogens with zero attached hydrogens (tertiary/aromatic N) is 3. The molecule has 26 heavy (non-hydrogen) atoms. The highest BCUT2D eigenvalue weighted by Gasteiger charge is 2.28. The van der Waals surface area contributed by atoms with Gasteiger partial charge in [-0.1, -0.05) is 31.9 Å². The Bertz CT molecular complexity index is 801. The van der Waals surface area contributed by atoms with Gasteiger partial charge in [0.25, 0.3) is 5.91 Å². The van der Waals surface area contributed by atoms with Crippen LogP contribution in [-0.4, -0.2) is 39.5 Å². The molecule has 1 heterocycles. The normalized spacial score (nSPS) is 23.0. The molecule has 140 valence electrons. The van der Waals surface area contributed by atoms with Crippen LogP contribution in [0.25, 0.3) is 11.0 Å². The second-order valence-electron chi connectivity index (χ2n) is 7.13. The fourth-order valence-electron chi connectivity index (χ4n) is 3.58. The average Bonchev–Trinajstić information content (AvgIpc) is 3.05. The number of fused-ring (bicyclic) bond motifs is 1. The van der Waals surface area contributed by atoms with Gasteiger partial charge in [0.1, 0.15) is 5.52 Å². The van der Waals surface area contributed by atoms with Crippen molar-refractivity contribution in [3.63, 3.8) is 0 Å². The van der Waals surface area contributed by atoms with Gasteiger partial charge in [-0.05, 0) is 43.4 Å². The minimum absolute atomic E-state index is 0.158. The standard InChI is InChI=1S/C19H26N4O3/c1-4-23-17-9-8-14(10-16(17)21-22-23)19(25)26-11-18(24)20-15-7-5-6-12(2)13(15)3/h8-10,12-13,15H,4-7,11H2,1-3H3,(H,20,24)/t12-,13+,15+/m1/s1. The Morgan fingerprint density at radius 1 is 1.31 bits per heavy atom. The lowest BCUT2D eigenvalue weighted by molar-refractivity contribution is -0.125. The van der Waals surface area contributed by atoms with Gasteiger partial charge in [-0.15, -0.1) is 5.10 Å². The van der Waals surface area contributed by atoms with E-state index >= 15 is 0 Å². The van der Waals surface area contributed by atoms with Crippen molar-refractivity contribution in [3.05, 3.63) is 23.8 Å². The third-order valence-electron chi connectivity index (χ3n) is 5.44. The molecule has 1 saturated carbocycles. The lowest BCUT2D eigenvalue weighted by Gasteiger charge is -2.34. The lowest BCUT2D eigenvalue weighted by Crippen LogP contribution is -2.45. The van der Waals surface area contributed by atoms with Crippen molar-refractivity contribution in [3.8, 4) is 0 Å². The van der Waals surface area contributed by atoms with Crippen molar-refractivity contribution in [2.75, 3.05) is 6.61 Å². The van der Waals surface area contributed by atoms with Gasteiger partial charge >= 0.3 is 5.97 Å². The smallest absolute Gasteiger partial charge is 0.338 e. The van der Waals surface area contributed by atoms with E-state index < -0.39 is 5.97 Å². The number of hydrogen-bond acceptors (Lipinski definition) is 5. The van der Waals surface area contributed by atoms with Gasteiger partial charge in [0.15, 0.2) is 6.61 Å². The summed E-state index contributed by atoms with van der Waals surface area (Å²) in [6, 6.07) is 5.26. The summed E-state index contributed by atoms with van der Waals surface area (Å²) in [6.45, 7) is 6.80. The maximum absolute atomic E-state index is 12.2. The first-order valence-electron chi connectivity index (χ1n) is 9.29. The third-order valence-corrected chi connectivity index (χ3v) is 5.44. The van der Waals surface area contributed by atoms with Crippen LogP contribution in [0.2, 0.25) is 0 Å². The third kappa shape index (κ3) is 3.86. The zero-order valence-electron chi connectivity index (χ0n) is 15.6. The van der Waals surface area contributed by atoms with Crippen molar-refractivity contribution in [2.45, 2.75) is 52.6 Å². The Hall–Kier alpha value is -2.44. The highest BCUT2D eigenvalue weighted by molar-refractivity contribution is 5.94. The van der Waals surface area contributed by atoms with Crippen molar-refractivity contribution in [1.29, 1.82) is 0 Å². The van der Waals surface area contributed by atoms with Crippen LogP contribution in [0.4, 0.5) is 0 Å². The highest BCUT2D eigenvalue weighted by atomic mass is 16.5. The number of hydrogen-bond donors (Lipinski definition) is 1. The topological polar surface area (TPSA) is 86.1 Å². The van der Waals surface area contributed by atoms with Crippen LogP contribution >= 0.6 is 0 Å². The zero-order valence-corrected chi connectivity index (χ0v) is 15.6. The molecule has 0 spiro atoms. The number of aromatic nitrogens is 3. The van der Waals surface area contributed by atoms with Crippen molar-refractivity contribution in [2.24, 2.45) is 11.8 Å². The number of carbonyl (C=O) groups excluding carboxylic acids is 2. The Morgan fingerprint density at radius 3 is 2.88 bits per heavy atom. The summed E-state index contributed by atoms with van der Waals surface area (Å²) in [7, 11) is 0. The van der Waals surface area contributed by atoms with E-state index in [0.29, 0.717) is 29.5 Å². The number of nitrogens with one attached hydrogen (secondary N) is 1. The maximum atomic E-state index is 12.2. The molecule has 7 heteroatoms. The van der Waals surface area contributed by atoms with Crippen LogP contribution in [0, 0.1) is 11.8 Å². The Kier molecular flexibility index (Phi) is 5.54. The summed E-state index contributed by atoms with van der Waals surface area (Å²) in [5.41, 5.74) is 1.87. The van der Waals surface area contributed by atoms with Crippen molar-refractivity contribution < 1.29 is 14.3 Å². The van der Waals surface area contributed by atoms with Gasteiger partial charge in [-0.2, -0.15) is 0 Å². The predicted octanol–water partition coefficient (Wildman–Crippen LogP) is 2.55. The molecule has 1 aliphatic carbocycles. The first kappa shape index (κ1) is 18.4. The Labute approximate surface area is 153 Å². The second-order valence-corrected chi connectivity index (χ2v) is 7.13. The van der Waals surface area contributed by atoms with E-state index in [1.807, 2.05) is 6.92 Å². The van der Waals surface area contributed by atoms with Gasteiger partial charge in [0.05, 0.1) is 11.1 Å². The minimum Gasteiger partial charge on any atom is -0.452 e. The summed E-state index contributed by atoms with van der Waals surface area (Å²) in [5, 5.41) is 11.1. The first-order chi connectivity index (χ1) is 12.5. The zero-order chi connectivity index (χ0) is 18.7. The van der Waals surface area contributed by atoms with Crippen LogP contribution in [0.1, 0.15) is 50.4 Å². The molecule has 1 aromatic carbocycles. The fourth-order valence-corrected chi connectivity index (χ4v) is 3.58. The Morgan fingerprint density at radius 2 is 2.12 bits per heavy atom. The molecule has 1 fully saturated rings. The second kappa shape index (κ2) is 7.85. The molecule has 3 atom stereocenters. The number of carbonyl (C=O) groups is 2. The Balaban J connectivity index is 1.55. The monoisotopic (exact) mass is 358 g/mol. The molecule has 1 aromatic heterocycles. The largest absolute Gasteiger partial charge is 0.452 e. The molecule has 3 rings (SSSR count). The number of benzene rings is 1. The van der Waals surface area contributed by atoms with Gasteiger partial charge in [0.2, 0.25) is 0 Å². The van der Waals surface area contributed by atoms with Crippen molar-refractivity contribution >= 4 is 22.9 Å². The summed E-state index contributed by atoms with van der Waals surface area (Å²) >= 11 is 0. The van der Waals surface area contributed by atoms with Crippen LogP contribution in [0.5, 0.6) is 0 Å². The molecule has 1 N–H and O–H groups in total. The molecular formula is C19H26N4O3. The summed E-state index contributed by atoms with van der Waals surface area (Å²) in [6.07, 6.45) is 3.30. The highest BCUT2D eigenvalue weighted by Crippen LogP contribution is 2.29. The first-order valence-corrected chi connectivity index (χ1v) is 9.29. The summed E-state index contributed by atoms with van der Waals surface area (Å²) in [4.78, 5) is 24.4. The average molecular weight is 358 g/mol. The number of ether oxygens (including phenoxy) is 1. The van der Waals surface area contributed by atoms with Crippen LogP contribution in [-0.2, 0) is 16.1 Å². The SMILES string of the molecule is CCn1nnc2cc(C(=O)OCC(=O)N[C@H]3CCC[C@@H](C)[C@@H]3C)ccc21. The minimum atomic E-state index is -0.529. The number of rotatable bonds is 5. The van der Waals surface area contributed by atoms with E-state index in [0.717, 1.165) is 18.4 Å². The van der Waals surface area contributed by atoms with Crippen LogP contribution in [0.3, 0.4) is 0 Å². The van der Waals surface area contributed by atoms with E-state index in [1.165, 1.54) is 6.42 Å². The predicted molar refractivity (Wildman–Crippen MR) is 97.6 cm³/mol. The van der Waals surface area contributed by atoms with E-state index in [-0.39, 0.29) is 18.6 Å².